The Morgan fingerprint density at radius 1 is 1.07 bits per heavy atom. The number of hydrogen-bond donors (Lipinski definition) is 2. The average molecular weight is 567 g/mol. The van der Waals surface area contributed by atoms with Crippen LogP contribution in [0.5, 0.6) is 0 Å². The van der Waals surface area contributed by atoms with Crippen molar-refractivity contribution in [2.45, 2.75) is 71.3 Å². The Balaban J connectivity index is 1.39. The van der Waals surface area contributed by atoms with E-state index < -0.39 is 0 Å². The van der Waals surface area contributed by atoms with Crippen LogP contribution in [0.2, 0.25) is 0 Å². The number of thiazole rings is 1. The Kier molecular flexibility index (Phi) is 6.17. The molecule has 0 amide bonds. The van der Waals surface area contributed by atoms with Crippen molar-refractivity contribution in [3.8, 4) is 22.8 Å². The minimum absolute atomic E-state index is 0.00994. The summed E-state index contributed by atoms with van der Waals surface area (Å²) in [7, 11) is 2.21. The number of aromatic nitrogens is 6. The predicted octanol–water partition coefficient (Wildman–Crippen LogP) is 6.69. The SMILES string of the molecule is CN(c1nc(-c2ccnc3[nH]c(-c4csc(C(C)(C)C)n4)cc23)nc2cncc(C3CC3)c12)C1CCNCC1(C)C. The molecule has 1 atom stereocenters. The van der Waals surface area contributed by atoms with Crippen LogP contribution in [-0.4, -0.2) is 56.1 Å². The lowest BCUT2D eigenvalue weighted by Gasteiger charge is -2.45. The van der Waals surface area contributed by atoms with Crippen molar-refractivity contribution < 1.29 is 0 Å². The van der Waals surface area contributed by atoms with Gasteiger partial charge in [0.05, 0.1) is 28.1 Å². The zero-order chi connectivity index (χ0) is 28.5. The fourth-order valence-corrected chi connectivity index (χ4v) is 7.20. The molecule has 0 radical (unpaired) electrons. The number of aromatic amines is 1. The van der Waals surface area contributed by atoms with Gasteiger partial charge in [-0.2, -0.15) is 0 Å². The van der Waals surface area contributed by atoms with E-state index >= 15 is 0 Å². The van der Waals surface area contributed by atoms with Gasteiger partial charge in [0.15, 0.2) is 5.82 Å². The molecule has 6 heterocycles. The van der Waals surface area contributed by atoms with Gasteiger partial charge in [-0.25, -0.2) is 19.9 Å². The molecule has 0 bridgehead atoms. The van der Waals surface area contributed by atoms with Gasteiger partial charge in [-0.3, -0.25) is 4.98 Å². The fraction of sp³-hybridized carbons (Fsp3) is 0.469. The van der Waals surface area contributed by atoms with E-state index in [2.05, 4.69) is 78.3 Å². The Bertz CT molecular complexity index is 1760. The summed E-state index contributed by atoms with van der Waals surface area (Å²) in [5.41, 5.74) is 5.97. The quantitative estimate of drug-likeness (QED) is 0.245. The molecule has 9 heteroatoms. The molecule has 0 aromatic carbocycles. The summed E-state index contributed by atoms with van der Waals surface area (Å²) in [6.07, 6.45) is 9.26. The molecule has 41 heavy (non-hydrogen) atoms. The van der Waals surface area contributed by atoms with Gasteiger partial charge >= 0.3 is 0 Å². The summed E-state index contributed by atoms with van der Waals surface area (Å²) >= 11 is 1.70. The second-order valence-corrected chi connectivity index (χ2v) is 14.3. The minimum Gasteiger partial charge on any atom is -0.355 e. The number of piperidine rings is 1. The molecule has 8 nitrogen and oxygen atoms in total. The third-order valence-corrected chi connectivity index (χ3v) is 9.98. The normalized spacial score (nSPS) is 19.2. The lowest BCUT2D eigenvalue weighted by molar-refractivity contribution is 0.215. The van der Waals surface area contributed by atoms with Gasteiger partial charge in [0.1, 0.15) is 11.5 Å². The van der Waals surface area contributed by atoms with E-state index in [9.17, 15) is 0 Å². The Labute approximate surface area is 245 Å². The monoisotopic (exact) mass is 566 g/mol. The number of anilines is 1. The van der Waals surface area contributed by atoms with Crippen molar-refractivity contribution in [3.63, 3.8) is 0 Å². The summed E-state index contributed by atoms with van der Waals surface area (Å²) in [6.45, 7) is 13.3. The van der Waals surface area contributed by atoms with Crippen molar-refractivity contribution in [1.29, 1.82) is 0 Å². The van der Waals surface area contributed by atoms with E-state index in [0.717, 1.165) is 69.2 Å². The summed E-state index contributed by atoms with van der Waals surface area (Å²) < 4.78 is 0. The third kappa shape index (κ3) is 4.69. The van der Waals surface area contributed by atoms with E-state index in [1.54, 1.807) is 11.3 Å². The van der Waals surface area contributed by atoms with Crippen molar-refractivity contribution in [2.24, 2.45) is 5.41 Å². The number of rotatable bonds is 5. The van der Waals surface area contributed by atoms with Crippen molar-refractivity contribution in [2.75, 3.05) is 25.0 Å². The van der Waals surface area contributed by atoms with Gasteiger partial charge in [-0.15, -0.1) is 11.3 Å². The number of hydrogen-bond acceptors (Lipinski definition) is 8. The van der Waals surface area contributed by atoms with Crippen molar-refractivity contribution in [1.82, 2.24) is 35.2 Å². The van der Waals surface area contributed by atoms with Gasteiger partial charge in [-0.1, -0.05) is 34.6 Å². The first-order chi connectivity index (χ1) is 19.6. The first kappa shape index (κ1) is 26.5. The number of nitrogens with zero attached hydrogens (tertiary/aromatic N) is 6. The van der Waals surface area contributed by atoms with E-state index in [1.807, 2.05) is 24.7 Å². The molecule has 2 fully saturated rings. The van der Waals surface area contributed by atoms with Gasteiger partial charge in [0.2, 0.25) is 0 Å². The molecule has 5 aromatic heterocycles. The van der Waals surface area contributed by atoms with Gasteiger partial charge in [0, 0.05) is 59.2 Å². The maximum Gasteiger partial charge on any atom is 0.163 e. The van der Waals surface area contributed by atoms with Crippen LogP contribution >= 0.6 is 11.3 Å². The average Bonchev–Trinajstić information content (AvgIpc) is 3.47. The molecule has 5 aromatic rings. The standard InChI is InChI=1S/C32H38N8S/c1-31(2,3)30-38-24(16-41-30)22-13-20-19(9-12-35-27(20)36-22)28-37-23-15-34-14-21(18-7-8-18)26(23)29(39-28)40(6)25-10-11-33-17-32(25,4)5/h9,12-16,18,25,33H,7-8,10-11,17H2,1-6H3,(H,35,36). The van der Waals surface area contributed by atoms with E-state index in [-0.39, 0.29) is 10.8 Å². The van der Waals surface area contributed by atoms with E-state index in [0.29, 0.717) is 17.8 Å². The van der Waals surface area contributed by atoms with Crippen LogP contribution in [0.15, 0.2) is 36.1 Å². The summed E-state index contributed by atoms with van der Waals surface area (Å²) in [4.78, 5) is 30.7. The zero-order valence-corrected chi connectivity index (χ0v) is 25.6. The lowest BCUT2D eigenvalue weighted by atomic mass is 9.79. The lowest BCUT2D eigenvalue weighted by Crippen LogP contribution is -2.53. The fourth-order valence-electron chi connectivity index (χ4n) is 6.29. The molecular formula is C32H38N8S. The van der Waals surface area contributed by atoms with Crippen LogP contribution in [0.3, 0.4) is 0 Å². The van der Waals surface area contributed by atoms with E-state index in [4.69, 9.17) is 15.0 Å². The molecule has 2 N–H and O–H groups in total. The molecular weight excluding hydrogens is 528 g/mol. The van der Waals surface area contributed by atoms with Crippen LogP contribution < -0.4 is 10.2 Å². The number of H-pyrrole nitrogens is 1. The molecule has 1 aliphatic heterocycles. The molecule has 1 aliphatic carbocycles. The molecule has 1 unspecified atom stereocenters. The number of pyridine rings is 2. The number of nitrogens with one attached hydrogen (secondary N) is 2. The van der Waals surface area contributed by atoms with Crippen LogP contribution in [0.1, 0.15) is 70.4 Å². The Morgan fingerprint density at radius 2 is 1.90 bits per heavy atom. The van der Waals surface area contributed by atoms with Crippen LogP contribution in [0, 0.1) is 5.41 Å². The molecule has 7 rings (SSSR count). The van der Waals surface area contributed by atoms with E-state index in [1.165, 1.54) is 18.4 Å². The topological polar surface area (TPSA) is 95.5 Å². The van der Waals surface area contributed by atoms with Gasteiger partial charge in [-0.05, 0) is 54.8 Å². The van der Waals surface area contributed by atoms with Crippen molar-refractivity contribution >= 4 is 39.1 Å². The molecule has 212 valence electrons. The molecule has 1 saturated heterocycles. The highest BCUT2D eigenvalue weighted by Gasteiger charge is 2.37. The highest BCUT2D eigenvalue weighted by molar-refractivity contribution is 7.10. The van der Waals surface area contributed by atoms with Crippen LogP contribution in [0.25, 0.3) is 44.7 Å². The van der Waals surface area contributed by atoms with Crippen molar-refractivity contribution in [3.05, 3.63) is 46.7 Å². The summed E-state index contributed by atoms with van der Waals surface area (Å²) in [6, 6.07) is 4.53. The highest BCUT2D eigenvalue weighted by Crippen LogP contribution is 2.46. The predicted molar refractivity (Wildman–Crippen MR) is 168 cm³/mol. The minimum atomic E-state index is 0.00994. The zero-order valence-electron chi connectivity index (χ0n) is 24.7. The summed E-state index contributed by atoms with van der Waals surface area (Å²) in [5, 5.41) is 8.97. The summed E-state index contributed by atoms with van der Waals surface area (Å²) in [5.74, 6) is 2.25. The second-order valence-electron chi connectivity index (χ2n) is 13.4. The van der Waals surface area contributed by atoms with Gasteiger partial charge < -0.3 is 15.2 Å². The Hall–Kier alpha value is -3.43. The van der Waals surface area contributed by atoms with Crippen LogP contribution in [-0.2, 0) is 5.41 Å². The first-order valence-electron chi connectivity index (χ1n) is 14.6. The largest absolute Gasteiger partial charge is 0.355 e. The molecule has 1 saturated carbocycles. The second kappa shape index (κ2) is 9.56. The Morgan fingerprint density at radius 3 is 2.63 bits per heavy atom. The van der Waals surface area contributed by atoms with Gasteiger partial charge in [0.25, 0.3) is 0 Å². The molecule has 0 spiro atoms. The maximum atomic E-state index is 5.36. The maximum absolute atomic E-state index is 5.36. The third-order valence-electron chi connectivity index (χ3n) is 8.71. The smallest absolute Gasteiger partial charge is 0.163 e. The molecule has 2 aliphatic rings. The highest BCUT2D eigenvalue weighted by atomic mass is 32.1. The number of fused-ring (bicyclic) bond motifs is 2. The first-order valence-corrected chi connectivity index (χ1v) is 15.5. The van der Waals surface area contributed by atoms with Crippen LogP contribution in [0.4, 0.5) is 5.82 Å².